The molecule has 1 unspecified atom stereocenters. The highest BCUT2D eigenvalue weighted by atomic mass is 32.2. The van der Waals surface area contributed by atoms with Gasteiger partial charge in [-0.15, -0.1) is 0 Å². The van der Waals surface area contributed by atoms with E-state index >= 15 is 0 Å². The van der Waals surface area contributed by atoms with Gasteiger partial charge in [0, 0.05) is 24.1 Å². The number of ether oxygens (including phenoxy) is 1. The third-order valence-corrected chi connectivity index (χ3v) is 7.07. The number of nitrogens with zero attached hydrogens (tertiary/aromatic N) is 3. The first-order valence-corrected chi connectivity index (χ1v) is 11.9. The van der Waals surface area contributed by atoms with Crippen LogP contribution in [0.25, 0.3) is 11.4 Å². The average molecular weight is 459 g/mol. The molecule has 0 bridgehead atoms. The molecule has 4 rings (SSSR count). The Morgan fingerprint density at radius 1 is 1.19 bits per heavy atom. The van der Waals surface area contributed by atoms with Crippen molar-refractivity contribution < 1.29 is 26.9 Å². The molecule has 1 aromatic heterocycles. The lowest BCUT2D eigenvalue weighted by Crippen LogP contribution is -2.41. The molecule has 0 saturated carbocycles. The van der Waals surface area contributed by atoms with E-state index in [1.54, 1.807) is 48.4 Å². The SMILES string of the molecule is COc1ccc(N(C(=O)CCc2nc(-c3ccc(F)cc3)no2)C2CCS(=O)(=O)C2)cc1. The summed E-state index contributed by atoms with van der Waals surface area (Å²) in [7, 11) is -1.63. The van der Waals surface area contributed by atoms with Crippen LogP contribution in [0.15, 0.2) is 53.1 Å². The summed E-state index contributed by atoms with van der Waals surface area (Å²) < 4.78 is 47.6. The van der Waals surface area contributed by atoms with E-state index in [1.165, 1.54) is 12.1 Å². The van der Waals surface area contributed by atoms with E-state index in [0.717, 1.165) is 0 Å². The van der Waals surface area contributed by atoms with Gasteiger partial charge in [-0.25, -0.2) is 12.8 Å². The molecule has 1 aliphatic rings. The second kappa shape index (κ2) is 9.07. The highest BCUT2D eigenvalue weighted by Crippen LogP contribution is 2.27. The Morgan fingerprint density at radius 2 is 1.91 bits per heavy atom. The molecule has 32 heavy (non-hydrogen) atoms. The topological polar surface area (TPSA) is 103 Å². The summed E-state index contributed by atoms with van der Waals surface area (Å²) in [5.41, 5.74) is 1.21. The Balaban J connectivity index is 1.49. The Labute approximate surface area is 184 Å². The summed E-state index contributed by atoms with van der Waals surface area (Å²) in [6, 6.07) is 12.2. The van der Waals surface area contributed by atoms with Crippen molar-refractivity contribution in [2.24, 2.45) is 0 Å². The van der Waals surface area contributed by atoms with Crippen LogP contribution < -0.4 is 9.64 Å². The van der Waals surface area contributed by atoms with Crippen LogP contribution in [0.4, 0.5) is 10.1 Å². The molecule has 2 heterocycles. The third kappa shape index (κ3) is 4.96. The standard InChI is InChI=1S/C22H22FN3O5S/c1-30-19-8-6-17(7-9-19)26(18-12-13-32(28,29)14-18)21(27)11-10-20-24-22(25-31-20)15-2-4-16(23)5-3-15/h2-9,18H,10-14H2,1H3. The second-order valence-electron chi connectivity index (χ2n) is 7.54. The summed E-state index contributed by atoms with van der Waals surface area (Å²) >= 11 is 0. The fourth-order valence-electron chi connectivity index (χ4n) is 3.69. The maximum absolute atomic E-state index is 13.2. The van der Waals surface area contributed by atoms with Gasteiger partial charge in [0.05, 0.1) is 24.7 Å². The molecule has 3 aromatic rings. The lowest BCUT2D eigenvalue weighted by molar-refractivity contribution is -0.119. The van der Waals surface area contributed by atoms with Crippen LogP contribution in [0, 0.1) is 5.82 Å². The van der Waals surface area contributed by atoms with Gasteiger partial charge < -0.3 is 14.2 Å². The quantitative estimate of drug-likeness (QED) is 0.535. The van der Waals surface area contributed by atoms with Crippen LogP contribution in [0.5, 0.6) is 5.75 Å². The van der Waals surface area contributed by atoms with Crippen LogP contribution in [0.2, 0.25) is 0 Å². The van der Waals surface area contributed by atoms with E-state index in [4.69, 9.17) is 9.26 Å². The molecule has 0 aliphatic carbocycles. The smallest absolute Gasteiger partial charge is 0.227 e. The molecule has 1 atom stereocenters. The van der Waals surface area contributed by atoms with Crippen molar-refractivity contribution in [3.63, 3.8) is 0 Å². The fourth-order valence-corrected chi connectivity index (χ4v) is 5.39. The maximum atomic E-state index is 13.2. The number of hydrogen-bond donors (Lipinski definition) is 0. The maximum Gasteiger partial charge on any atom is 0.227 e. The number of aryl methyl sites for hydroxylation is 1. The molecular weight excluding hydrogens is 437 g/mol. The summed E-state index contributed by atoms with van der Waals surface area (Å²) in [5, 5.41) is 3.89. The Kier molecular flexibility index (Phi) is 6.22. The van der Waals surface area contributed by atoms with Crippen molar-refractivity contribution in [2.75, 3.05) is 23.5 Å². The monoisotopic (exact) mass is 459 g/mol. The normalized spacial score (nSPS) is 17.2. The number of methoxy groups -OCH3 is 1. The molecule has 1 aliphatic heterocycles. The number of aromatic nitrogens is 2. The average Bonchev–Trinajstić information content (AvgIpc) is 3.40. The van der Waals surface area contributed by atoms with Crippen molar-refractivity contribution >= 4 is 21.4 Å². The van der Waals surface area contributed by atoms with Crippen molar-refractivity contribution in [2.45, 2.75) is 25.3 Å². The molecule has 10 heteroatoms. The van der Waals surface area contributed by atoms with Gasteiger partial charge in [-0.05, 0) is 55.0 Å². The first kappa shape index (κ1) is 21.9. The van der Waals surface area contributed by atoms with Gasteiger partial charge >= 0.3 is 0 Å². The highest BCUT2D eigenvalue weighted by Gasteiger charge is 2.35. The van der Waals surface area contributed by atoms with Gasteiger partial charge in [0.1, 0.15) is 11.6 Å². The van der Waals surface area contributed by atoms with Gasteiger partial charge in [0.2, 0.25) is 17.6 Å². The summed E-state index contributed by atoms with van der Waals surface area (Å²) in [6.07, 6.45) is 0.641. The second-order valence-corrected chi connectivity index (χ2v) is 9.77. The number of sulfone groups is 1. The number of anilines is 1. The molecule has 8 nitrogen and oxygen atoms in total. The predicted molar refractivity (Wildman–Crippen MR) is 116 cm³/mol. The predicted octanol–water partition coefficient (Wildman–Crippen LogP) is 3.04. The highest BCUT2D eigenvalue weighted by molar-refractivity contribution is 7.91. The van der Waals surface area contributed by atoms with Crippen molar-refractivity contribution in [1.82, 2.24) is 10.1 Å². The molecule has 168 valence electrons. The molecule has 2 aromatic carbocycles. The minimum absolute atomic E-state index is 0.0578. The van der Waals surface area contributed by atoms with E-state index in [-0.39, 0.29) is 42.0 Å². The lowest BCUT2D eigenvalue weighted by atomic mass is 10.1. The van der Waals surface area contributed by atoms with Crippen LogP contribution in [-0.4, -0.2) is 49.1 Å². The molecule has 0 N–H and O–H groups in total. The molecule has 1 saturated heterocycles. The van der Waals surface area contributed by atoms with Crippen LogP contribution in [-0.2, 0) is 21.1 Å². The largest absolute Gasteiger partial charge is 0.497 e. The van der Waals surface area contributed by atoms with E-state index < -0.39 is 15.9 Å². The van der Waals surface area contributed by atoms with E-state index in [0.29, 0.717) is 29.2 Å². The van der Waals surface area contributed by atoms with Crippen molar-refractivity contribution in [1.29, 1.82) is 0 Å². The molecule has 0 spiro atoms. The van der Waals surface area contributed by atoms with Gasteiger partial charge in [-0.3, -0.25) is 4.79 Å². The van der Waals surface area contributed by atoms with Gasteiger partial charge in [0.15, 0.2) is 9.84 Å². The van der Waals surface area contributed by atoms with E-state index in [1.807, 2.05) is 0 Å². The zero-order valence-electron chi connectivity index (χ0n) is 17.4. The minimum Gasteiger partial charge on any atom is -0.497 e. The number of hydrogen-bond acceptors (Lipinski definition) is 7. The number of carbonyl (C=O) groups is 1. The van der Waals surface area contributed by atoms with Crippen LogP contribution >= 0.6 is 0 Å². The summed E-state index contributed by atoms with van der Waals surface area (Å²) in [4.78, 5) is 19.0. The molecular formula is C22H22FN3O5S. The Bertz CT molecular complexity index is 1190. The molecule has 0 radical (unpaired) electrons. The first-order chi connectivity index (χ1) is 15.3. The zero-order chi connectivity index (χ0) is 22.7. The molecule has 1 amide bonds. The summed E-state index contributed by atoms with van der Waals surface area (Å²) in [5.74, 6) is 0.601. The first-order valence-electron chi connectivity index (χ1n) is 10.1. The van der Waals surface area contributed by atoms with Crippen molar-refractivity contribution in [3.8, 4) is 17.1 Å². The molecule has 1 fully saturated rings. The number of benzene rings is 2. The minimum atomic E-state index is -3.18. The fraction of sp³-hybridized carbons (Fsp3) is 0.318. The van der Waals surface area contributed by atoms with E-state index in [9.17, 15) is 17.6 Å². The number of rotatable bonds is 7. The zero-order valence-corrected chi connectivity index (χ0v) is 18.2. The van der Waals surface area contributed by atoms with Gasteiger partial charge in [-0.2, -0.15) is 4.98 Å². The lowest BCUT2D eigenvalue weighted by Gasteiger charge is -2.28. The Morgan fingerprint density at radius 3 is 2.53 bits per heavy atom. The third-order valence-electron chi connectivity index (χ3n) is 5.32. The Hall–Kier alpha value is -3.27. The van der Waals surface area contributed by atoms with E-state index in [2.05, 4.69) is 10.1 Å². The number of amides is 1. The summed E-state index contributed by atoms with van der Waals surface area (Å²) in [6.45, 7) is 0. The number of carbonyl (C=O) groups excluding carboxylic acids is 1. The number of halogens is 1. The van der Waals surface area contributed by atoms with Gasteiger partial charge in [-0.1, -0.05) is 5.16 Å². The van der Waals surface area contributed by atoms with Gasteiger partial charge in [0.25, 0.3) is 0 Å². The van der Waals surface area contributed by atoms with Crippen LogP contribution in [0.3, 0.4) is 0 Å². The van der Waals surface area contributed by atoms with Crippen LogP contribution in [0.1, 0.15) is 18.7 Å². The van der Waals surface area contributed by atoms with Crippen molar-refractivity contribution in [3.05, 3.63) is 60.2 Å².